The molecule has 22 heavy (non-hydrogen) atoms. The van der Waals surface area contributed by atoms with Crippen molar-refractivity contribution in [2.24, 2.45) is 0 Å². The minimum atomic E-state index is -0.337. The first-order chi connectivity index (χ1) is 10.6. The van der Waals surface area contributed by atoms with Gasteiger partial charge in [-0.15, -0.1) is 0 Å². The molecule has 0 spiro atoms. The summed E-state index contributed by atoms with van der Waals surface area (Å²) in [6.07, 6.45) is 2.03. The molecule has 2 aliphatic heterocycles. The van der Waals surface area contributed by atoms with Crippen LogP contribution in [0.5, 0.6) is 0 Å². The van der Waals surface area contributed by atoms with Crippen LogP contribution in [0.15, 0.2) is 18.2 Å². The fourth-order valence-electron chi connectivity index (χ4n) is 2.83. The van der Waals surface area contributed by atoms with Crippen molar-refractivity contribution in [3.63, 3.8) is 0 Å². The molecular formula is C16H18N2O4. The van der Waals surface area contributed by atoms with E-state index in [1.165, 1.54) is 11.0 Å². The molecular weight excluding hydrogens is 284 g/mol. The number of carbonyl (C=O) groups excluding carboxylic acids is 3. The SMILES string of the molecule is CCN1C(=O)c2ccc(C(=O)NCC3CCCO3)cc2C1=O. The Balaban J connectivity index is 1.74. The van der Waals surface area contributed by atoms with Gasteiger partial charge in [-0.1, -0.05) is 0 Å². The van der Waals surface area contributed by atoms with Crippen LogP contribution in [0, 0.1) is 0 Å². The average Bonchev–Trinajstić information content (AvgIpc) is 3.12. The summed E-state index contributed by atoms with van der Waals surface area (Å²) >= 11 is 0. The molecule has 6 nitrogen and oxygen atoms in total. The molecule has 1 fully saturated rings. The van der Waals surface area contributed by atoms with Crippen LogP contribution >= 0.6 is 0 Å². The Bertz CT molecular complexity index is 635. The maximum atomic E-state index is 12.2. The number of benzene rings is 1. The number of nitrogens with zero attached hydrogens (tertiary/aromatic N) is 1. The van der Waals surface area contributed by atoms with Crippen molar-refractivity contribution >= 4 is 17.7 Å². The minimum absolute atomic E-state index is 0.0668. The number of hydrogen-bond donors (Lipinski definition) is 1. The van der Waals surface area contributed by atoms with E-state index in [0.717, 1.165) is 19.4 Å². The number of rotatable bonds is 4. The van der Waals surface area contributed by atoms with E-state index < -0.39 is 0 Å². The molecule has 3 amide bonds. The summed E-state index contributed by atoms with van der Waals surface area (Å²) in [5.41, 5.74) is 1.05. The van der Waals surface area contributed by atoms with Crippen LogP contribution in [-0.4, -0.2) is 48.4 Å². The highest BCUT2D eigenvalue weighted by atomic mass is 16.5. The van der Waals surface area contributed by atoms with Gasteiger partial charge in [-0.25, -0.2) is 0 Å². The van der Waals surface area contributed by atoms with Crippen molar-refractivity contribution < 1.29 is 19.1 Å². The zero-order valence-electron chi connectivity index (χ0n) is 12.4. The maximum absolute atomic E-state index is 12.2. The summed E-state index contributed by atoms with van der Waals surface area (Å²) < 4.78 is 5.45. The normalized spacial score (nSPS) is 20.4. The van der Waals surface area contributed by atoms with E-state index >= 15 is 0 Å². The lowest BCUT2D eigenvalue weighted by Crippen LogP contribution is -2.31. The quantitative estimate of drug-likeness (QED) is 0.848. The standard InChI is InChI=1S/C16H18N2O4/c1-2-18-15(20)12-6-5-10(8-13(12)16(18)21)14(19)17-9-11-4-3-7-22-11/h5-6,8,11H,2-4,7,9H2,1H3,(H,17,19). The van der Waals surface area contributed by atoms with E-state index in [4.69, 9.17) is 4.74 Å². The zero-order valence-corrected chi connectivity index (χ0v) is 12.4. The summed E-state index contributed by atoms with van der Waals surface area (Å²) in [4.78, 5) is 37.5. The number of ether oxygens (including phenoxy) is 1. The predicted octanol–water partition coefficient (Wildman–Crippen LogP) is 1.21. The van der Waals surface area contributed by atoms with Crippen molar-refractivity contribution in [2.75, 3.05) is 19.7 Å². The second-order valence-electron chi connectivity index (χ2n) is 5.46. The molecule has 0 saturated carbocycles. The van der Waals surface area contributed by atoms with Gasteiger partial charge in [-0.2, -0.15) is 0 Å². The van der Waals surface area contributed by atoms with Crippen molar-refractivity contribution in [3.05, 3.63) is 34.9 Å². The molecule has 2 heterocycles. The van der Waals surface area contributed by atoms with E-state index in [1.54, 1.807) is 19.1 Å². The van der Waals surface area contributed by atoms with Gasteiger partial charge in [0.2, 0.25) is 0 Å². The highest BCUT2D eigenvalue weighted by molar-refractivity contribution is 6.22. The van der Waals surface area contributed by atoms with Crippen LogP contribution in [-0.2, 0) is 4.74 Å². The van der Waals surface area contributed by atoms with E-state index in [2.05, 4.69) is 5.32 Å². The van der Waals surface area contributed by atoms with Crippen LogP contribution in [0.2, 0.25) is 0 Å². The van der Waals surface area contributed by atoms with Crippen LogP contribution in [0.3, 0.4) is 0 Å². The summed E-state index contributed by atoms with van der Waals surface area (Å²) in [5, 5.41) is 2.81. The third kappa shape index (κ3) is 2.50. The molecule has 1 N–H and O–H groups in total. The Morgan fingerprint density at radius 2 is 2.09 bits per heavy atom. The van der Waals surface area contributed by atoms with Crippen molar-refractivity contribution in [3.8, 4) is 0 Å². The predicted molar refractivity (Wildman–Crippen MR) is 78.8 cm³/mol. The Labute approximate surface area is 128 Å². The van der Waals surface area contributed by atoms with E-state index in [-0.39, 0.29) is 23.8 Å². The highest BCUT2D eigenvalue weighted by Crippen LogP contribution is 2.23. The van der Waals surface area contributed by atoms with Gasteiger partial charge >= 0.3 is 0 Å². The molecule has 1 aromatic rings. The zero-order chi connectivity index (χ0) is 15.7. The lowest BCUT2D eigenvalue weighted by atomic mass is 10.1. The second-order valence-corrected chi connectivity index (χ2v) is 5.46. The highest BCUT2D eigenvalue weighted by Gasteiger charge is 2.34. The Kier molecular flexibility index (Phi) is 3.94. The summed E-state index contributed by atoms with van der Waals surface area (Å²) in [7, 11) is 0. The topological polar surface area (TPSA) is 75.7 Å². The van der Waals surface area contributed by atoms with E-state index in [9.17, 15) is 14.4 Å². The summed E-state index contributed by atoms with van der Waals surface area (Å²) in [6, 6.07) is 4.62. The molecule has 116 valence electrons. The van der Waals surface area contributed by atoms with Gasteiger partial charge < -0.3 is 10.1 Å². The van der Waals surface area contributed by atoms with Crippen LogP contribution in [0.25, 0.3) is 0 Å². The summed E-state index contributed by atoms with van der Waals surface area (Å²) in [6.45, 7) is 3.27. The first kappa shape index (κ1) is 14.7. The molecule has 0 bridgehead atoms. The van der Waals surface area contributed by atoms with E-state index in [0.29, 0.717) is 29.8 Å². The van der Waals surface area contributed by atoms with Gasteiger partial charge in [-0.3, -0.25) is 19.3 Å². The molecule has 2 aliphatic rings. The fourth-order valence-corrected chi connectivity index (χ4v) is 2.83. The average molecular weight is 302 g/mol. The molecule has 1 saturated heterocycles. The molecule has 1 unspecified atom stereocenters. The smallest absolute Gasteiger partial charge is 0.261 e. The molecule has 0 aliphatic carbocycles. The number of nitrogens with one attached hydrogen (secondary N) is 1. The number of fused-ring (bicyclic) bond motifs is 1. The third-order valence-corrected chi connectivity index (χ3v) is 4.06. The van der Waals surface area contributed by atoms with Gasteiger partial charge in [0.15, 0.2) is 0 Å². The molecule has 1 atom stereocenters. The lowest BCUT2D eigenvalue weighted by Gasteiger charge is -2.11. The molecule has 0 aromatic heterocycles. The lowest BCUT2D eigenvalue weighted by molar-refractivity contribution is 0.0662. The summed E-state index contributed by atoms with van der Waals surface area (Å²) in [5.74, 6) is -0.890. The minimum Gasteiger partial charge on any atom is -0.376 e. The Morgan fingerprint density at radius 3 is 2.77 bits per heavy atom. The molecule has 6 heteroatoms. The van der Waals surface area contributed by atoms with Crippen LogP contribution in [0.4, 0.5) is 0 Å². The van der Waals surface area contributed by atoms with Gasteiger partial charge in [0, 0.05) is 25.3 Å². The Morgan fingerprint density at radius 1 is 1.32 bits per heavy atom. The van der Waals surface area contributed by atoms with Crippen molar-refractivity contribution in [1.82, 2.24) is 10.2 Å². The number of imide groups is 1. The number of hydrogen-bond acceptors (Lipinski definition) is 4. The number of amides is 3. The second kappa shape index (κ2) is 5.88. The third-order valence-electron chi connectivity index (χ3n) is 4.06. The Hall–Kier alpha value is -2.21. The van der Waals surface area contributed by atoms with Crippen LogP contribution < -0.4 is 5.32 Å². The fraction of sp³-hybridized carbons (Fsp3) is 0.438. The van der Waals surface area contributed by atoms with E-state index in [1.807, 2.05) is 0 Å². The monoisotopic (exact) mass is 302 g/mol. The van der Waals surface area contributed by atoms with Crippen LogP contribution in [0.1, 0.15) is 50.8 Å². The van der Waals surface area contributed by atoms with Gasteiger partial charge in [-0.05, 0) is 38.0 Å². The first-order valence-corrected chi connectivity index (χ1v) is 7.52. The number of carbonyl (C=O) groups is 3. The molecule has 1 aromatic carbocycles. The largest absolute Gasteiger partial charge is 0.376 e. The van der Waals surface area contributed by atoms with Gasteiger partial charge in [0.25, 0.3) is 17.7 Å². The van der Waals surface area contributed by atoms with Crippen molar-refractivity contribution in [1.29, 1.82) is 0 Å². The first-order valence-electron chi connectivity index (χ1n) is 7.52. The molecule has 0 radical (unpaired) electrons. The maximum Gasteiger partial charge on any atom is 0.261 e. The van der Waals surface area contributed by atoms with Gasteiger partial charge in [0.1, 0.15) is 0 Å². The van der Waals surface area contributed by atoms with Gasteiger partial charge in [0.05, 0.1) is 17.2 Å². The molecule has 3 rings (SSSR count). The van der Waals surface area contributed by atoms with Crippen molar-refractivity contribution in [2.45, 2.75) is 25.9 Å².